The second-order valence-electron chi connectivity index (χ2n) is 3.08. The molecule has 7 nitrogen and oxygen atoms in total. The van der Waals surface area contributed by atoms with E-state index in [9.17, 15) is 9.90 Å². The van der Waals surface area contributed by atoms with E-state index in [0.29, 0.717) is 5.82 Å². The zero-order valence-electron chi connectivity index (χ0n) is 8.09. The Bertz CT molecular complexity index is 561. The first-order chi connectivity index (χ1) is 7.00. The van der Waals surface area contributed by atoms with E-state index >= 15 is 0 Å². The van der Waals surface area contributed by atoms with Crippen molar-refractivity contribution in [3.8, 4) is 5.88 Å². The quantitative estimate of drug-likeness (QED) is 0.691. The molecule has 0 aliphatic rings. The highest BCUT2D eigenvalue weighted by Gasteiger charge is 2.17. The van der Waals surface area contributed by atoms with E-state index in [1.165, 1.54) is 6.92 Å². The van der Waals surface area contributed by atoms with Crippen LogP contribution < -0.4 is 0 Å². The summed E-state index contributed by atoms with van der Waals surface area (Å²) in [5.41, 5.74) is -0.0488. The van der Waals surface area contributed by atoms with Gasteiger partial charge in [-0.1, -0.05) is 0 Å². The lowest BCUT2D eigenvalue weighted by Gasteiger charge is -2.03. The molecule has 0 saturated heterocycles. The van der Waals surface area contributed by atoms with Gasteiger partial charge in [-0.2, -0.15) is 9.50 Å². The average Bonchev–Trinajstić information content (AvgIpc) is 2.52. The van der Waals surface area contributed by atoms with E-state index in [2.05, 4.69) is 15.1 Å². The summed E-state index contributed by atoms with van der Waals surface area (Å²) in [6.07, 6.45) is 0. The summed E-state index contributed by atoms with van der Waals surface area (Å²) in [7, 11) is 0. The Balaban J connectivity index is 2.87. The van der Waals surface area contributed by atoms with Gasteiger partial charge in [0.05, 0.1) is 0 Å². The summed E-state index contributed by atoms with van der Waals surface area (Å²) >= 11 is 0. The van der Waals surface area contributed by atoms with Crippen LogP contribution in [0.15, 0.2) is 0 Å². The van der Waals surface area contributed by atoms with Crippen LogP contribution in [0.5, 0.6) is 5.88 Å². The van der Waals surface area contributed by atoms with E-state index in [4.69, 9.17) is 5.11 Å². The number of carboxylic acid groups (broad SMARTS) is 1. The molecule has 0 bridgehead atoms. The van der Waals surface area contributed by atoms with E-state index < -0.39 is 5.97 Å². The van der Waals surface area contributed by atoms with Crippen LogP contribution in [0.1, 0.15) is 21.9 Å². The molecule has 2 N–H and O–H groups in total. The molecular weight excluding hydrogens is 200 g/mol. The second-order valence-corrected chi connectivity index (χ2v) is 3.08. The normalized spacial score (nSPS) is 10.8. The molecule has 0 radical (unpaired) electrons. The number of hydrogen-bond acceptors (Lipinski definition) is 5. The monoisotopic (exact) mass is 208 g/mol. The van der Waals surface area contributed by atoms with Gasteiger partial charge in [0.15, 0.2) is 5.69 Å². The highest BCUT2D eigenvalue weighted by Crippen LogP contribution is 2.19. The summed E-state index contributed by atoms with van der Waals surface area (Å²) in [4.78, 5) is 18.5. The molecule has 0 atom stereocenters. The number of aryl methyl sites for hydroxylation is 1. The van der Waals surface area contributed by atoms with Crippen molar-refractivity contribution < 1.29 is 15.0 Å². The van der Waals surface area contributed by atoms with E-state index in [0.717, 1.165) is 4.52 Å². The lowest BCUT2D eigenvalue weighted by atomic mass is 10.2. The number of carboxylic acids is 1. The van der Waals surface area contributed by atoms with Crippen molar-refractivity contribution in [2.24, 2.45) is 0 Å². The van der Waals surface area contributed by atoms with Gasteiger partial charge < -0.3 is 10.2 Å². The van der Waals surface area contributed by atoms with Gasteiger partial charge in [-0.3, -0.25) is 0 Å². The first-order valence-corrected chi connectivity index (χ1v) is 4.17. The van der Waals surface area contributed by atoms with Gasteiger partial charge in [0.25, 0.3) is 5.78 Å². The molecule has 0 aliphatic heterocycles. The van der Waals surface area contributed by atoms with Crippen LogP contribution >= 0.6 is 0 Å². The molecule has 7 heteroatoms. The van der Waals surface area contributed by atoms with Gasteiger partial charge in [-0.15, -0.1) is 5.10 Å². The van der Waals surface area contributed by atoms with E-state index in [1.54, 1.807) is 6.92 Å². The minimum atomic E-state index is -1.20. The van der Waals surface area contributed by atoms with Crippen LogP contribution in [-0.4, -0.2) is 35.8 Å². The number of rotatable bonds is 1. The Morgan fingerprint density at radius 1 is 1.33 bits per heavy atom. The lowest BCUT2D eigenvalue weighted by molar-refractivity contribution is 0.0689. The van der Waals surface area contributed by atoms with E-state index in [1.807, 2.05) is 0 Å². The van der Waals surface area contributed by atoms with Crippen molar-refractivity contribution in [3.63, 3.8) is 0 Å². The minimum Gasteiger partial charge on any atom is -0.493 e. The predicted octanol–water partition coefficient (Wildman–Crippen LogP) is 0.145. The molecule has 2 aromatic rings. The first kappa shape index (κ1) is 9.38. The molecular formula is C8H8N4O3. The third-order valence-corrected chi connectivity index (χ3v) is 2.00. The zero-order chi connectivity index (χ0) is 11.2. The van der Waals surface area contributed by atoms with Crippen molar-refractivity contribution in [2.45, 2.75) is 13.8 Å². The van der Waals surface area contributed by atoms with Crippen LogP contribution in [0.3, 0.4) is 0 Å². The van der Waals surface area contributed by atoms with Crippen LogP contribution in [-0.2, 0) is 0 Å². The van der Waals surface area contributed by atoms with Crippen molar-refractivity contribution >= 4 is 11.7 Å². The van der Waals surface area contributed by atoms with Crippen LogP contribution in [0.4, 0.5) is 0 Å². The Morgan fingerprint density at radius 2 is 2.00 bits per heavy atom. The molecule has 0 unspecified atom stereocenters. The Labute approximate surface area is 84.0 Å². The summed E-state index contributed by atoms with van der Waals surface area (Å²) in [6.45, 7) is 3.09. The van der Waals surface area contributed by atoms with Gasteiger partial charge in [0.1, 0.15) is 5.82 Å². The van der Waals surface area contributed by atoms with Gasteiger partial charge in [0, 0.05) is 5.56 Å². The van der Waals surface area contributed by atoms with Crippen molar-refractivity contribution in [1.29, 1.82) is 0 Å². The third kappa shape index (κ3) is 1.28. The molecule has 0 aromatic carbocycles. The Morgan fingerprint density at radius 3 is 2.60 bits per heavy atom. The molecule has 15 heavy (non-hydrogen) atoms. The van der Waals surface area contributed by atoms with E-state index in [-0.39, 0.29) is 22.9 Å². The van der Waals surface area contributed by atoms with Crippen LogP contribution in [0.25, 0.3) is 5.78 Å². The van der Waals surface area contributed by atoms with Crippen molar-refractivity contribution in [3.05, 3.63) is 17.1 Å². The summed E-state index contributed by atoms with van der Waals surface area (Å²) < 4.78 is 1.11. The van der Waals surface area contributed by atoms with Crippen molar-refractivity contribution in [1.82, 2.24) is 19.6 Å². The van der Waals surface area contributed by atoms with Crippen LogP contribution in [0, 0.1) is 13.8 Å². The molecule has 78 valence electrons. The molecule has 2 aromatic heterocycles. The fourth-order valence-electron chi connectivity index (χ4n) is 1.28. The maximum Gasteiger partial charge on any atom is 0.355 e. The molecule has 2 heterocycles. The maximum atomic E-state index is 10.8. The summed E-state index contributed by atoms with van der Waals surface area (Å²) in [5.74, 6) is -0.961. The summed E-state index contributed by atoms with van der Waals surface area (Å²) in [5, 5.41) is 22.4. The number of aromatic carboxylic acids is 1. The number of aromatic hydroxyl groups is 1. The Kier molecular flexibility index (Phi) is 1.82. The molecule has 0 fully saturated rings. The highest BCUT2D eigenvalue weighted by molar-refractivity contribution is 5.88. The topological polar surface area (TPSA) is 101 Å². The number of hydrogen-bond donors (Lipinski definition) is 2. The van der Waals surface area contributed by atoms with Gasteiger partial charge >= 0.3 is 5.97 Å². The lowest BCUT2D eigenvalue weighted by Crippen LogP contribution is -2.07. The number of fused-ring (bicyclic) bond motifs is 1. The molecule has 0 saturated carbocycles. The number of carbonyl (C=O) groups is 1. The zero-order valence-corrected chi connectivity index (χ0v) is 8.09. The van der Waals surface area contributed by atoms with Crippen LogP contribution in [0.2, 0.25) is 0 Å². The minimum absolute atomic E-state index is 0.0769. The molecule has 0 aliphatic carbocycles. The second kappa shape index (κ2) is 2.91. The number of nitrogens with zero attached hydrogens (tertiary/aromatic N) is 4. The summed E-state index contributed by atoms with van der Waals surface area (Å²) in [6, 6.07) is 0. The first-order valence-electron chi connectivity index (χ1n) is 4.17. The predicted molar refractivity (Wildman–Crippen MR) is 48.9 cm³/mol. The molecule has 2 rings (SSSR count). The SMILES string of the molecule is Cc1nc2nc(C(=O)O)c(C)c(O)n2n1. The van der Waals surface area contributed by atoms with Gasteiger partial charge in [-0.25, -0.2) is 9.78 Å². The van der Waals surface area contributed by atoms with Crippen molar-refractivity contribution in [2.75, 3.05) is 0 Å². The number of aromatic nitrogens is 4. The standard InChI is InChI=1S/C8H8N4O3/c1-3-5(7(14)15)10-8-9-4(2)11-12(8)6(3)13/h13H,1-2H3,(H,14,15). The van der Waals surface area contributed by atoms with Gasteiger partial charge in [-0.05, 0) is 13.8 Å². The third-order valence-electron chi connectivity index (χ3n) is 2.00. The maximum absolute atomic E-state index is 10.8. The molecule has 0 spiro atoms. The Hall–Kier alpha value is -2.18. The largest absolute Gasteiger partial charge is 0.493 e. The fourth-order valence-corrected chi connectivity index (χ4v) is 1.28. The smallest absolute Gasteiger partial charge is 0.355 e. The fraction of sp³-hybridized carbons (Fsp3) is 0.250. The van der Waals surface area contributed by atoms with Gasteiger partial charge in [0.2, 0.25) is 5.88 Å². The highest BCUT2D eigenvalue weighted by atomic mass is 16.4. The average molecular weight is 208 g/mol. The molecule has 0 amide bonds.